The summed E-state index contributed by atoms with van der Waals surface area (Å²) in [6.45, 7) is 1.41. The third kappa shape index (κ3) is 4.64. The highest BCUT2D eigenvalue weighted by Crippen LogP contribution is 2.05. The average Bonchev–Trinajstić information content (AvgIpc) is 2.45. The van der Waals surface area contributed by atoms with E-state index in [9.17, 15) is 14.7 Å². The molecule has 4 N–H and O–H groups in total. The Morgan fingerprint density at radius 2 is 1.95 bits per heavy atom. The van der Waals surface area contributed by atoms with Crippen LogP contribution >= 0.6 is 0 Å². The average molecular weight is 280 g/mol. The molecule has 0 fully saturated rings. The molecule has 0 aliphatic heterocycles. The summed E-state index contributed by atoms with van der Waals surface area (Å²) in [5.74, 6) is -1.15. The van der Waals surface area contributed by atoms with Gasteiger partial charge in [-0.25, -0.2) is 4.79 Å². The topological polar surface area (TPSA) is 102 Å². The third-order valence-corrected chi connectivity index (χ3v) is 2.91. The first-order valence-electron chi connectivity index (χ1n) is 6.31. The highest BCUT2D eigenvalue weighted by Gasteiger charge is 2.26. The first-order chi connectivity index (χ1) is 9.45. The Hall–Kier alpha value is -1.92. The molecule has 0 heterocycles. The van der Waals surface area contributed by atoms with Gasteiger partial charge in [-0.05, 0) is 12.5 Å². The van der Waals surface area contributed by atoms with Gasteiger partial charge >= 0.3 is 5.97 Å². The van der Waals surface area contributed by atoms with E-state index in [4.69, 9.17) is 5.73 Å². The highest BCUT2D eigenvalue weighted by molar-refractivity contribution is 5.87. The van der Waals surface area contributed by atoms with Gasteiger partial charge in [0.1, 0.15) is 12.1 Å². The van der Waals surface area contributed by atoms with Gasteiger partial charge in [0, 0.05) is 6.42 Å². The van der Waals surface area contributed by atoms with Crippen LogP contribution in [0.3, 0.4) is 0 Å². The molecule has 0 saturated carbocycles. The molecule has 0 bridgehead atoms. The van der Waals surface area contributed by atoms with Crippen LogP contribution in [0.2, 0.25) is 0 Å². The van der Waals surface area contributed by atoms with E-state index < -0.39 is 30.1 Å². The van der Waals surface area contributed by atoms with Crippen LogP contribution in [0.4, 0.5) is 0 Å². The molecule has 0 radical (unpaired) electrons. The number of benzene rings is 1. The van der Waals surface area contributed by atoms with E-state index >= 15 is 0 Å². The molecule has 3 unspecified atom stereocenters. The number of amides is 1. The summed E-state index contributed by atoms with van der Waals surface area (Å²) >= 11 is 0. The van der Waals surface area contributed by atoms with Crippen molar-refractivity contribution in [3.05, 3.63) is 35.9 Å². The summed E-state index contributed by atoms with van der Waals surface area (Å²) in [6, 6.07) is 7.31. The molecule has 6 heteroatoms. The summed E-state index contributed by atoms with van der Waals surface area (Å²) in [6.07, 6.45) is -0.698. The smallest absolute Gasteiger partial charge is 0.328 e. The lowest BCUT2D eigenvalue weighted by Gasteiger charge is -2.20. The number of aliphatic hydroxyl groups excluding tert-OH is 1. The summed E-state index contributed by atoms with van der Waals surface area (Å²) in [4.78, 5) is 23.5. The van der Waals surface area contributed by atoms with Gasteiger partial charge in [0.05, 0.1) is 13.2 Å². The second-order valence-corrected chi connectivity index (χ2v) is 4.54. The molecule has 1 aromatic rings. The SMILES string of the molecule is COC(=O)C(Cc1ccccc1)NC(=O)C(N)C(C)O. The maximum atomic E-state index is 11.8. The van der Waals surface area contributed by atoms with E-state index in [1.807, 2.05) is 30.3 Å². The van der Waals surface area contributed by atoms with Gasteiger partial charge in [-0.3, -0.25) is 4.79 Å². The Labute approximate surface area is 117 Å². The monoisotopic (exact) mass is 280 g/mol. The quantitative estimate of drug-likeness (QED) is 0.615. The second-order valence-electron chi connectivity index (χ2n) is 4.54. The molecule has 1 aromatic carbocycles. The fourth-order valence-electron chi connectivity index (χ4n) is 1.67. The number of carbonyl (C=O) groups excluding carboxylic acids is 2. The minimum atomic E-state index is -1.09. The number of rotatable bonds is 6. The van der Waals surface area contributed by atoms with E-state index in [1.54, 1.807) is 0 Å². The summed E-state index contributed by atoms with van der Waals surface area (Å²) < 4.78 is 4.67. The minimum Gasteiger partial charge on any atom is -0.467 e. The van der Waals surface area contributed by atoms with Crippen LogP contribution in [0.1, 0.15) is 12.5 Å². The van der Waals surface area contributed by atoms with Gasteiger partial charge in [0.2, 0.25) is 5.91 Å². The molecule has 1 rings (SSSR count). The Kier molecular flexibility index (Phi) is 6.14. The number of carbonyl (C=O) groups is 2. The largest absolute Gasteiger partial charge is 0.467 e. The molecular weight excluding hydrogens is 260 g/mol. The van der Waals surface area contributed by atoms with Crippen molar-refractivity contribution in [2.45, 2.75) is 31.5 Å². The molecule has 0 aliphatic carbocycles. The van der Waals surface area contributed by atoms with Crippen LogP contribution in [-0.2, 0) is 20.7 Å². The number of aliphatic hydroxyl groups is 1. The van der Waals surface area contributed by atoms with Crippen molar-refractivity contribution in [1.82, 2.24) is 5.32 Å². The molecule has 110 valence electrons. The fraction of sp³-hybridized carbons (Fsp3) is 0.429. The molecule has 3 atom stereocenters. The van der Waals surface area contributed by atoms with Crippen molar-refractivity contribution in [3.8, 4) is 0 Å². The number of nitrogens with two attached hydrogens (primary N) is 1. The molecule has 0 saturated heterocycles. The van der Waals surface area contributed by atoms with E-state index in [0.717, 1.165) is 5.56 Å². The van der Waals surface area contributed by atoms with Crippen molar-refractivity contribution in [1.29, 1.82) is 0 Å². The zero-order valence-electron chi connectivity index (χ0n) is 11.6. The predicted molar refractivity (Wildman–Crippen MR) is 73.7 cm³/mol. The maximum absolute atomic E-state index is 11.8. The Balaban J connectivity index is 2.75. The van der Waals surface area contributed by atoms with Crippen molar-refractivity contribution >= 4 is 11.9 Å². The maximum Gasteiger partial charge on any atom is 0.328 e. The van der Waals surface area contributed by atoms with Crippen molar-refractivity contribution < 1.29 is 19.4 Å². The number of ether oxygens (including phenoxy) is 1. The molecular formula is C14H20N2O4. The zero-order chi connectivity index (χ0) is 15.1. The minimum absolute atomic E-state index is 0.297. The first kappa shape index (κ1) is 16.1. The van der Waals surface area contributed by atoms with Gasteiger partial charge in [0.25, 0.3) is 0 Å². The van der Waals surface area contributed by atoms with Gasteiger partial charge < -0.3 is 20.9 Å². The standard InChI is InChI=1S/C14H20N2O4/c1-9(17)12(15)13(18)16-11(14(19)20-2)8-10-6-4-3-5-7-10/h3-7,9,11-12,17H,8,15H2,1-2H3,(H,16,18). The Morgan fingerprint density at radius 3 is 2.45 bits per heavy atom. The summed E-state index contributed by atoms with van der Waals surface area (Å²) in [5, 5.41) is 11.8. The predicted octanol–water partition coefficient (Wildman–Crippen LogP) is -0.405. The van der Waals surface area contributed by atoms with Gasteiger partial charge in [-0.2, -0.15) is 0 Å². The third-order valence-electron chi connectivity index (χ3n) is 2.91. The normalized spacial score (nSPS) is 15.0. The van der Waals surface area contributed by atoms with Crippen molar-refractivity contribution in [3.63, 3.8) is 0 Å². The van der Waals surface area contributed by atoms with Crippen LogP contribution in [0.25, 0.3) is 0 Å². The molecule has 1 amide bonds. The van der Waals surface area contributed by atoms with Gasteiger partial charge in [-0.15, -0.1) is 0 Å². The van der Waals surface area contributed by atoms with Crippen molar-refractivity contribution in [2.24, 2.45) is 5.73 Å². The lowest BCUT2D eigenvalue weighted by Crippen LogP contribution is -2.53. The lowest BCUT2D eigenvalue weighted by molar-refractivity contribution is -0.145. The zero-order valence-corrected chi connectivity index (χ0v) is 11.6. The Morgan fingerprint density at radius 1 is 1.35 bits per heavy atom. The fourth-order valence-corrected chi connectivity index (χ4v) is 1.67. The van der Waals surface area contributed by atoms with Gasteiger partial charge in [-0.1, -0.05) is 30.3 Å². The molecule has 6 nitrogen and oxygen atoms in total. The van der Waals surface area contributed by atoms with Crippen LogP contribution in [0.5, 0.6) is 0 Å². The van der Waals surface area contributed by atoms with E-state index in [0.29, 0.717) is 6.42 Å². The van der Waals surface area contributed by atoms with Crippen LogP contribution < -0.4 is 11.1 Å². The highest BCUT2D eigenvalue weighted by atomic mass is 16.5. The number of nitrogens with one attached hydrogen (secondary N) is 1. The molecule has 0 aliphatic rings. The first-order valence-corrected chi connectivity index (χ1v) is 6.31. The number of hydrogen-bond acceptors (Lipinski definition) is 5. The molecule has 0 aromatic heterocycles. The summed E-state index contributed by atoms with van der Waals surface area (Å²) in [5.41, 5.74) is 6.41. The van der Waals surface area contributed by atoms with E-state index in [-0.39, 0.29) is 0 Å². The van der Waals surface area contributed by atoms with E-state index in [2.05, 4.69) is 10.1 Å². The molecule has 20 heavy (non-hydrogen) atoms. The second kappa shape index (κ2) is 7.62. The van der Waals surface area contributed by atoms with Gasteiger partial charge in [0.15, 0.2) is 0 Å². The Bertz CT molecular complexity index is 448. The van der Waals surface area contributed by atoms with Crippen LogP contribution in [0, 0.1) is 0 Å². The van der Waals surface area contributed by atoms with Crippen LogP contribution in [-0.4, -0.2) is 42.3 Å². The number of hydrogen-bond donors (Lipinski definition) is 3. The number of methoxy groups -OCH3 is 1. The van der Waals surface area contributed by atoms with Crippen LogP contribution in [0.15, 0.2) is 30.3 Å². The summed E-state index contributed by atoms with van der Waals surface area (Å²) in [7, 11) is 1.25. The number of esters is 1. The molecule has 0 spiro atoms. The van der Waals surface area contributed by atoms with E-state index in [1.165, 1.54) is 14.0 Å². The lowest BCUT2D eigenvalue weighted by atomic mass is 10.1. The van der Waals surface area contributed by atoms with Crippen molar-refractivity contribution in [2.75, 3.05) is 7.11 Å².